The first-order valence-electron chi connectivity index (χ1n) is 20.1. The quantitative estimate of drug-likeness (QED) is 0.148. The number of hydrogen-bond acceptors (Lipinski definition) is 2. The molecule has 0 saturated heterocycles. The van der Waals surface area contributed by atoms with Gasteiger partial charge in [0.15, 0.2) is 0 Å². The first-order chi connectivity index (χ1) is 28.5. The van der Waals surface area contributed by atoms with E-state index >= 15 is 0 Å². The first kappa shape index (κ1) is 28.4. The zero-order valence-electron chi connectivity index (χ0n) is 33.5. The van der Waals surface area contributed by atoms with Gasteiger partial charge in [-0.15, -0.1) is 0 Å². The Hall–Kier alpha value is -7.16. The van der Waals surface area contributed by atoms with E-state index in [1.54, 1.807) is 0 Å². The molecule has 2 nitrogen and oxygen atoms in total. The summed E-state index contributed by atoms with van der Waals surface area (Å²) in [6.07, 6.45) is 0. The number of nitrogens with zero attached hydrogens (tertiary/aromatic N) is 2. The highest BCUT2D eigenvalue weighted by Crippen LogP contribution is 2.43. The molecule has 0 unspecified atom stereocenters. The largest absolute Gasteiger partial charge is 0.311 e. The summed E-state index contributed by atoms with van der Waals surface area (Å²) >= 11 is 0. The Bertz CT molecular complexity index is 2790. The van der Waals surface area contributed by atoms with Gasteiger partial charge in [-0.1, -0.05) is 164 Å². The van der Waals surface area contributed by atoms with E-state index in [1.807, 2.05) is 132 Å². The first-order valence-corrected chi connectivity index (χ1v) is 18.1. The smallest absolute Gasteiger partial charge is 0.0645 e. The second-order valence-electron chi connectivity index (χ2n) is 13.1. The second kappa shape index (κ2) is 14.8. The lowest BCUT2D eigenvalue weighted by atomic mass is 9.96. The van der Waals surface area contributed by atoms with Gasteiger partial charge in [-0.3, -0.25) is 0 Å². The van der Waals surface area contributed by atoms with Crippen molar-refractivity contribution in [1.29, 1.82) is 0 Å². The Labute approximate surface area is 323 Å². The number of rotatable bonds is 9. The van der Waals surface area contributed by atoms with E-state index in [-0.39, 0.29) is 35.4 Å². The minimum absolute atomic E-state index is 0.0985. The Kier molecular flexibility index (Phi) is 7.81. The lowest BCUT2D eigenvalue weighted by molar-refractivity contribution is 1.28. The van der Waals surface area contributed by atoms with Gasteiger partial charge in [0.05, 0.1) is 11.2 Å². The van der Waals surface area contributed by atoms with E-state index in [2.05, 4.69) is 83.8 Å². The van der Waals surface area contributed by atoms with Crippen molar-refractivity contribution >= 4 is 44.9 Å². The molecule has 0 aliphatic carbocycles. The van der Waals surface area contributed by atoms with Crippen molar-refractivity contribution in [1.82, 2.24) is 0 Å². The van der Waals surface area contributed by atoms with Crippen molar-refractivity contribution in [2.45, 2.75) is 0 Å². The van der Waals surface area contributed by atoms with Crippen LogP contribution < -0.4 is 9.80 Å². The molecular formula is C52H38N2. The predicted molar refractivity (Wildman–Crippen MR) is 230 cm³/mol. The average Bonchev–Trinajstić information content (AvgIpc) is 3.29. The maximum Gasteiger partial charge on any atom is 0.0645 e. The van der Waals surface area contributed by atoms with Crippen LogP contribution in [0, 0.1) is 0 Å². The number of anilines is 6. The molecule has 0 aromatic heterocycles. The molecule has 9 aromatic rings. The molecule has 0 N–H and O–H groups in total. The molecule has 0 heterocycles. The van der Waals surface area contributed by atoms with Crippen molar-refractivity contribution in [3.8, 4) is 33.4 Å². The molecule has 0 amide bonds. The van der Waals surface area contributed by atoms with Crippen LogP contribution >= 0.6 is 0 Å². The Morgan fingerprint density at radius 3 is 1.31 bits per heavy atom. The lowest BCUT2D eigenvalue weighted by Crippen LogP contribution is -2.11. The Morgan fingerprint density at radius 2 is 0.704 bits per heavy atom. The van der Waals surface area contributed by atoms with Gasteiger partial charge in [0, 0.05) is 34.0 Å². The van der Waals surface area contributed by atoms with Gasteiger partial charge in [0.2, 0.25) is 0 Å². The lowest BCUT2D eigenvalue weighted by Gasteiger charge is -2.28. The standard InChI is InChI=1S/C52H38N2/c1-4-17-44(18-5-1)53(45-19-6-2-7-20-45)47-35-31-41(32-36-47)39-27-29-40(30-28-39)42-33-37-48(38-34-42)54(46-21-8-3-9-22-46)52-26-13-12-24-51(52)50-25-14-16-43-15-10-11-23-49(43)50/h1-38H/i33D,34D,37D,38D. The minimum Gasteiger partial charge on any atom is -0.311 e. The molecule has 9 aromatic carbocycles. The minimum atomic E-state index is -0.117. The fourth-order valence-electron chi connectivity index (χ4n) is 7.12. The fraction of sp³-hybridized carbons (Fsp3) is 0. The third-order valence-corrected chi connectivity index (χ3v) is 9.74. The summed E-state index contributed by atoms with van der Waals surface area (Å²) < 4.78 is 37.7. The van der Waals surface area contributed by atoms with Crippen LogP contribution in [-0.2, 0) is 0 Å². The van der Waals surface area contributed by atoms with E-state index in [0.717, 1.165) is 61.5 Å². The van der Waals surface area contributed by atoms with Crippen molar-refractivity contribution in [3.63, 3.8) is 0 Å². The topological polar surface area (TPSA) is 6.48 Å². The van der Waals surface area contributed by atoms with Crippen molar-refractivity contribution in [3.05, 3.63) is 230 Å². The van der Waals surface area contributed by atoms with Crippen molar-refractivity contribution in [2.24, 2.45) is 0 Å². The molecule has 9 rings (SSSR count). The van der Waals surface area contributed by atoms with Crippen LogP contribution in [0.15, 0.2) is 230 Å². The number of para-hydroxylation sites is 4. The molecule has 0 bridgehead atoms. The predicted octanol–water partition coefficient (Wildman–Crippen LogP) is 14.8. The normalized spacial score (nSPS) is 12.0. The van der Waals surface area contributed by atoms with Crippen LogP contribution in [0.1, 0.15) is 5.48 Å². The van der Waals surface area contributed by atoms with Crippen LogP contribution in [0.2, 0.25) is 0 Å². The molecule has 0 radical (unpaired) electrons. The van der Waals surface area contributed by atoms with E-state index in [4.69, 9.17) is 0 Å². The van der Waals surface area contributed by atoms with Crippen LogP contribution in [0.4, 0.5) is 34.1 Å². The molecule has 2 heteroatoms. The number of fused-ring (bicyclic) bond motifs is 1. The van der Waals surface area contributed by atoms with Crippen LogP contribution in [0.25, 0.3) is 44.2 Å². The highest BCUT2D eigenvalue weighted by molar-refractivity contribution is 6.01. The number of benzene rings is 9. The Morgan fingerprint density at radius 1 is 0.278 bits per heavy atom. The average molecular weight is 695 g/mol. The third kappa shape index (κ3) is 6.53. The SMILES string of the molecule is [2H]c1c([2H])c(N(c2ccccc2)c2ccccc2-c2cccc3ccccc23)c([2H])c([2H])c1-c1ccc(-c2ccc(N(c3ccccc3)c3ccccc3)cc2)cc1. The highest BCUT2D eigenvalue weighted by atomic mass is 15.1. The number of hydrogen-bond donors (Lipinski definition) is 0. The molecule has 0 saturated carbocycles. The molecule has 256 valence electrons. The second-order valence-corrected chi connectivity index (χ2v) is 13.1. The summed E-state index contributed by atoms with van der Waals surface area (Å²) in [6, 6.07) is 68.4. The summed E-state index contributed by atoms with van der Waals surface area (Å²) in [5, 5.41) is 2.19. The van der Waals surface area contributed by atoms with Gasteiger partial charge in [0.25, 0.3) is 0 Å². The highest BCUT2D eigenvalue weighted by Gasteiger charge is 2.18. The van der Waals surface area contributed by atoms with Gasteiger partial charge in [-0.2, -0.15) is 0 Å². The molecule has 54 heavy (non-hydrogen) atoms. The van der Waals surface area contributed by atoms with Crippen LogP contribution in [0.3, 0.4) is 0 Å². The molecule has 0 aliphatic rings. The van der Waals surface area contributed by atoms with E-state index in [0.29, 0.717) is 5.56 Å². The van der Waals surface area contributed by atoms with E-state index in [1.165, 1.54) is 0 Å². The summed E-state index contributed by atoms with van der Waals surface area (Å²) in [4.78, 5) is 4.09. The van der Waals surface area contributed by atoms with Crippen molar-refractivity contribution < 1.29 is 5.48 Å². The van der Waals surface area contributed by atoms with Crippen LogP contribution in [0.5, 0.6) is 0 Å². The molecule has 0 atom stereocenters. The third-order valence-electron chi connectivity index (χ3n) is 9.74. The summed E-state index contributed by atoms with van der Waals surface area (Å²) in [6.45, 7) is 0. The van der Waals surface area contributed by atoms with Gasteiger partial charge in [0.1, 0.15) is 0 Å². The molecule has 0 aliphatic heterocycles. The van der Waals surface area contributed by atoms with Gasteiger partial charge < -0.3 is 9.80 Å². The van der Waals surface area contributed by atoms with Crippen molar-refractivity contribution in [2.75, 3.05) is 9.80 Å². The van der Waals surface area contributed by atoms with E-state index < -0.39 is 0 Å². The van der Waals surface area contributed by atoms with Gasteiger partial charge in [-0.05, 0) is 105 Å². The van der Waals surface area contributed by atoms with Gasteiger partial charge >= 0.3 is 0 Å². The zero-order chi connectivity index (χ0) is 39.6. The summed E-state index contributed by atoms with van der Waals surface area (Å²) in [7, 11) is 0. The molecular weight excluding hydrogens is 653 g/mol. The zero-order valence-corrected chi connectivity index (χ0v) is 29.5. The maximum atomic E-state index is 9.48. The summed E-state index contributed by atoms with van der Waals surface area (Å²) in [5.41, 5.74) is 9.66. The summed E-state index contributed by atoms with van der Waals surface area (Å²) in [5.74, 6) is 0. The van der Waals surface area contributed by atoms with E-state index in [9.17, 15) is 5.48 Å². The monoisotopic (exact) mass is 694 g/mol. The Balaban J connectivity index is 1.09. The molecule has 0 fully saturated rings. The van der Waals surface area contributed by atoms with Crippen LogP contribution in [-0.4, -0.2) is 0 Å². The maximum absolute atomic E-state index is 9.48. The molecule has 0 spiro atoms. The van der Waals surface area contributed by atoms with Gasteiger partial charge in [-0.25, -0.2) is 0 Å². The fourth-order valence-corrected chi connectivity index (χ4v) is 7.12.